The summed E-state index contributed by atoms with van der Waals surface area (Å²) in [7, 11) is 0. The van der Waals surface area contributed by atoms with Gasteiger partial charge in [0.2, 0.25) is 0 Å². The van der Waals surface area contributed by atoms with Gasteiger partial charge in [-0.05, 0) is 31.5 Å². The molecule has 5 nitrogen and oxygen atoms in total. The number of carbonyl (C=O) groups excluding carboxylic acids is 1. The van der Waals surface area contributed by atoms with Gasteiger partial charge in [0.05, 0.1) is 18.2 Å². The summed E-state index contributed by atoms with van der Waals surface area (Å²) >= 11 is 0. The Labute approximate surface area is 125 Å². The van der Waals surface area contributed by atoms with Crippen molar-refractivity contribution in [1.29, 1.82) is 0 Å². The fourth-order valence-corrected chi connectivity index (χ4v) is 2.48. The van der Waals surface area contributed by atoms with Crippen LogP contribution in [-0.4, -0.2) is 54.6 Å². The molecule has 0 aromatic heterocycles. The highest BCUT2D eigenvalue weighted by Crippen LogP contribution is 2.25. The maximum Gasteiger partial charge on any atom is 0.183 e. The average molecular weight is 292 g/mol. The van der Waals surface area contributed by atoms with Gasteiger partial charge in [-0.2, -0.15) is 0 Å². The predicted molar refractivity (Wildman–Crippen MR) is 82.1 cm³/mol. The predicted octanol–water partition coefficient (Wildman–Crippen LogP) is 1.66. The number of nitrogens with zero attached hydrogens (tertiary/aromatic N) is 1. The number of hydrogen-bond donors (Lipinski definition) is 2. The summed E-state index contributed by atoms with van der Waals surface area (Å²) in [5.74, 6) is 0.590. The molecule has 0 saturated carbocycles. The molecule has 0 radical (unpaired) electrons. The van der Waals surface area contributed by atoms with Gasteiger partial charge < -0.3 is 15.2 Å². The van der Waals surface area contributed by atoms with E-state index in [4.69, 9.17) is 4.74 Å². The van der Waals surface area contributed by atoms with Gasteiger partial charge in [-0.3, -0.25) is 9.69 Å². The summed E-state index contributed by atoms with van der Waals surface area (Å²) in [6, 6.07) is 4.63. The molecule has 1 aliphatic rings. The number of carbonyl (C=O) groups is 1. The Morgan fingerprint density at radius 1 is 1.43 bits per heavy atom. The molecule has 0 bridgehead atoms. The number of phenols is 1. The van der Waals surface area contributed by atoms with Gasteiger partial charge in [-0.15, -0.1) is 0 Å². The molecule has 0 aliphatic carbocycles. The molecule has 2 rings (SSSR count). The second-order valence-corrected chi connectivity index (χ2v) is 5.35. The first-order valence-corrected chi connectivity index (χ1v) is 7.58. The third kappa shape index (κ3) is 3.95. The Balaban J connectivity index is 2.13. The van der Waals surface area contributed by atoms with Crippen molar-refractivity contribution in [1.82, 2.24) is 10.2 Å². The van der Waals surface area contributed by atoms with Crippen molar-refractivity contribution < 1.29 is 14.6 Å². The summed E-state index contributed by atoms with van der Waals surface area (Å²) in [5, 5.41) is 13.2. The largest absolute Gasteiger partial charge is 0.507 e. The molecule has 0 spiro atoms. The van der Waals surface area contributed by atoms with E-state index in [0.29, 0.717) is 17.9 Å². The lowest BCUT2D eigenvalue weighted by Crippen LogP contribution is -2.50. The Morgan fingerprint density at radius 3 is 2.81 bits per heavy atom. The van der Waals surface area contributed by atoms with E-state index in [-0.39, 0.29) is 17.6 Å². The molecule has 1 atom stereocenters. The second-order valence-electron chi connectivity index (χ2n) is 5.35. The molecule has 5 heteroatoms. The van der Waals surface area contributed by atoms with Crippen LogP contribution in [0.15, 0.2) is 18.2 Å². The normalized spacial score (nSPS) is 17.4. The van der Waals surface area contributed by atoms with Crippen LogP contribution in [0.1, 0.15) is 30.6 Å². The van der Waals surface area contributed by atoms with Crippen molar-refractivity contribution in [2.24, 2.45) is 0 Å². The van der Waals surface area contributed by atoms with E-state index in [1.807, 2.05) is 13.8 Å². The number of ketones is 1. The summed E-state index contributed by atoms with van der Waals surface area (Å²) in [4.78, 5) is 14.7. The highest BCUT2D eigenvalue weighted by Gasteiger charge is 2.25. The van der Waals surface area contributed by atoms with Crippen LogP contribution in [0.4, 0.5) is 0 Å². The molecule has 0 amide bonds. The minimum atomic E-state index is -0.237. The van der Waals surface area contributed by atoms with Gasteiger partial charge in [0, 0.05) is 26.2 Å². The first kappa shape index (κ1) is 15.8. The number of benzene rings is 1. The molecule has 1 saturated heterocycles. The van der Waals surface area contributed by atoms with Crippen LogP contribution in [0.5, 0.6) is 11.5 Å². The van der Waals surface area contributed by atoms with Gasteiger partial charge >= 0.3 is 0 Å². The van der Waals surface area contributed by atoms with Crippen molar-refractivity contribution in [3.8, 4) is 11.5 Å². The Bertz CT molecular complexity index is 484. The van der Waals surface area contributed by atoms with Gasteiger partial charge in [-0.1, -0.05) is 6.92 Å². The Kier molecular flexibility index (Phi) is 5.59. The van der Waals surface area contributed by atoms with Crippen LogP contribution in [0.2, 0.25) is 0 Å². The maximum atomic E-state index is 12.6. The number of ether oxygens (including phenoxy) is 1. The quantitative estimate of drug-likeness (QED) is 0.781. The van der Waals surface area contributed by atoms with Crippen molar-refractivity contribution in [3.05, 3.63) is 23.8 Å². The fraction of sp³-hybridized carbons (Fsp3) is 0.562. The zero-order valence-electron chi connectivity index (χ0n) is 12.8. The monoisotopic (exact) mass is 292 g/mol. The first-order valence-electron chi connectivity index (χ1n) is 7.58. The zero-order valence-corrected chi connectivity index (χ0v) is 12.8. The van der Waals surface area contributed by atoms with E-state index in [2.05, 4.69) is 10.2 Å². The number of rotatable bonds is 6. The van der Waals surface area contributed by atoms with E-state index >= 15 is 0 Å². The minimum Gasteiger partial charge on any atom is -0.507 e. The highest BCUT2D eigenvalue weighted by molar-refractivity contribution is 6.02. The lowest BCUT2D eigenvalue weighted by Gasteiger charge is -2.32. The van der Waals surface area contributed by atoms with Gasteiger partial charge in [0.15, 0.2) is 5.78 Å². The third-order valence-electron chi connectivity index (χ3n) is 3.79. The lowest BCUT2D eigenvalue weighted by molar-refractivity contribution is 0.0817. The van der Waals surface area contributed by atoms with E-state index in [9.17, 15) is 9.90 Å². The number of piperazine rings is 1. The first-order chi connectivity index (χ1) is 10.1. The van der Waals surface area contributed by atoms with E-state index in [0.717, 1.165) is 32.6 Å². The van der Waals surface area contributed by atoms with Crippen molar-refractivity contribution in [3.63, 3.8) is 0 Å². The van der Waals surface area contributed by atoms with Crippen LogP contribution < -0.4 is 10.1 Å². The molecule has 2 N–H and O–H groups in total. The van der Waals surface area contributed by atoms with Crippen molar-refractivity contribution in [2.75, 3.05) is 32.8 Å². The van der Waals surface area contributed by atoms with Crippen LogP contribution in [0, 0.1) is 0 Å². The SMILES string of the molecule is CCCOc1ccc(O)c(C(=O)C(C)N2CCNCC2)c1. The standard InChI is InChI=1S/C16H24N2O3/c1-3-10-21-13-4-5-15(19)14(11-13)16(20)12(2)18-8-6-17-7-9-18/h4-5,11-12,17,19H,3,6-10H2,1-2H3. The molecule has 1 aromatic rings. The van der Waals surface area contributed by atoms with E-state index in [1.165, 1.54) is 6.07 Å². The number of phenolic OH excluding ortho intramolecular Hbond substituents is 1. The fourth-order valence-electron chi connectivity index (χ4n) is 2.48. The molecule has 1 aliphatic heterocycles. The van der Waals surface area contributed by atoms with Crippen LogP contribution in [0.3, 0.4) is 0 Å². The second kappa shape index (κ2) is 7.43. The van der Waals surface area contributed by atoms with Crippen LogP contribution in [0.25, 0.3) is 0 Å². The summed E-state index contributed by atoms with van der Waals surface area (Å²) in [6.07, 6.45) is 0.904. The maximum absolute atomic E-state index is 12.6. The summed E-state index contributed by atoms with van der Waals surface area (Å²) in [5.41, 5.74) is 0.342. The number of aromatic hydroxyl groups is 1. The Morgan fingerprint density at radius 2 is 2.14 bits per heavy atom. The average Bonchev–Trinajstić information content (AvgIpc) is 2.53. The van der Waals surface area contributed by atoms with Crippen molar-refractivity contribution in [2.45, 2.75) is 26.3 Å². The van der Waals surface area contributed by atoms with Crippen LogP contribution >= 0.6 is 0 Å². The van der Waals surface area contributed by atoms with Crippen LogP contribution in [-0.2, 0) is 0 Å². The summed E-state index contributed by atoms with van der Waals surface area (Å²) < 4.78 is 5.54. The molecule has 116 valence electrons. The molecular weight excluding hydrogens is 268 g/mol. The lowest BCUT2D eigenvalue weighted by atomic mass is 10.0. The molecule has 21 heavy (non-hydrogen) atoms. The highest BCUT2D eigenvalue weighted by atomic mass is 16.5. The molecule has 1 heterocycles. The van der Waals surface area contributed by atoms with Gasteiger partial charge in [-0.25, -0.2) is 0 Å². The topological polar surface area (TPSA) is 61.8 Å². The zero-order chi connectivity index (χ0) is 15.2. The van der Waals surface area contributed by atoms with Gasteiger partial charge in [0.1, 0.15) is 11.5 Å². The molecule has 1 unspecified atom stereocenters. The molecular formula is C16H24N2O3. The number of hydrogen-bond acceptors (Lipinski definition) is 5. The molecule has 1 fully saturated rings. The smallest absolute Gasteiger partial charge is 0.183 e. The van der Waals surface area contributed by atoms with Crippen molar-refractivity contribution >= 4 is 5.78 Å². The van der Waals surface area contributed by atoms with E-state index < -0.39 is 0 Å². The van der Waals surface area contributed by atoms with E-state index in [1.54, 1.807) is 12.1 Å². The number of Topliss-reactive ketones (excluding diaryl/α,β-unsaturated/α-hetero) is 1. The van der Waals surface area contributed by atoms with Gasteiger partial charge in [0.25, 0.3) is 0 Å². The minimum absolute atomic E-state index is 0.0193. The number of nitrogens with one attached hydrogen (secondary N) is 1. The third-order valence-corrected chi connectivity index (χ3v) is 3.79. The summed E-state index contributed by atoms with van der Waals surface area (Å²) in [6.45, 7) is 8.00. The Hall–Kier alpha value is -1.59. The molecule has 1 aromatic carbocycles.